The number of hydrogen-bond donors (Lipinski definition) is 2. The zero-order valence-electron chi connectivity index (χ0n) is 18.5. The Kier molecular flexibility index (Phi) is 6.89. The van der Waals surface area contributed by atoms with Crippen LogP contribution in [0.4, 0.5) is 15.8 Å². The third-order valence-corrected chi connectivity index (χ3v) is 6.96. The number of amides is 2. The van der Waals surface area contributed by atoms with Crippen molar-refractivity contribution < 1.29 is 22.4 Å². The molecule has 10 heteroatoms. The second-order valence-corrected chi connectivity index (χ2v) is 9.64. The molecular weight excluding hydrogens is 447 g/mol. The molecule has 0 atom stereocenters. The highest BCUT2D eigenvalue weighted by atomic mass is 32.2. The van der Waals surface area contributed by atoms with Gasteiger partial charge in [0.2, 0.25) is 10.0 Å². The lowest BCUT2D eigenvalue weighted by molar-refractivity contribution is 0.101. The maximum atomic E-state index is 13.9. The molecule has 0 aliphatic carbocycles. The maximum Gasteiger partial charge on any atom is 0.274 e. The molecule has 0 saturated carbocycles. The monoisotopic (exact) mass is 470 g/mol. The molecule has 8 nitrogen and oxygen atoms in total. The second-order valence-electron chi connectivity index (χ2n) is 7.52. The molecule has 0 aliphatic heterocycles. The lowest BCUT2D eigenvalue weighted by Gasteiger charge is -2.17. The van der Waals surface area contributed by atoms with Crippen molar-refractivity contribution in [1.29, 1.82) is 0 Å². The standard InChI is InChI=1S/C23H23FN4O4S/c1-14-11-16(12-21(15(14)2)33(31,32)28(3)4)22(29)27-20-13-17(24)8-9-18(20)26-23(30)19-7-5-6-10-25-19/h5-13H,1-4H3,(H,26,30)(H,27,29). The number of pyridine rings is 1. The highest BCUT2D eigenvalue weighted by molar-refractivity contribution is 7.89. The lowest BCUT2D eigenvalue weighted by atomic mass is 10.1. The van der Waals surface area contributed by atoms with Crippen LogP contribution in [-0.2, 0) is 10.0 Å². The van der Waals surface area contributed by atoms with E-state index in [9.17, 15) is 22.4 Å². The number of benzene rings is 2. The SMILES string of the molecule is Cc1cc(C(=O)Nc2cc(F)ccc2NC(=O)c2ccccn2)cc(S(=O)(=O)N(C)C)c1C. The van der Waals surface area contributed by atoms with Gasteiger partial charge < -0.3 is 10.6 Å². The minimum Gasteiger partial charge on any atom is -0.320 e. The highest BCUT2D eigenvalue weighted by Crippen LogP contribution is 2.27. The summed E-state index contributed by atoms with van der Waals surface area (Å²) in [6, 6.07) is 11.2. The van der Waals surface area contributed by atoms with E-state index < -0.39 is 27.7 Å². The highest BCUT2D eigenvalue weighted by Gasteiger charge is 2.23. The number of hydrogen-bond acceptors (Lipinski definition) is 5. The molecule has 0 unspecified atom stereocenters. The molecular formula is C23H23FN4O4S. The van der Waals surface area contributed by atoms with Gasteiger partial charge in [0.15, 0.2) is 0 Å². The summed E-state index contributed by atoms with van der Waals surface area (Å²) in [5, 5.41) is 5.15. The summed E-state index contributed by atoms with van der Waals surface area (Å²) >= 11 is 0. The molecule has 0 aliphatic rings. The van der Waals surface area contributed by atoms with Crippen molar-refractivity contribution in [2.75, 3.05) is 24.7 Å². The predicted octanol–water partition coefficient (Wildman–Crippen LogP) is 3.59. The summed E-state index contributed by atoms with van der Waals surface area (Å²) in [5.41, 5.74) is 1.52. The van der Waals surface area contributed by atoms with Crippen molar-refractivity contribution in [2.24, 2.45) is 0 Å². The van der Waals surface area contributed by atoms with Crippen LogP contribution < -0.4 is 10.6 Å². The normalized spacial score (nSPS) is 11.3. The fraction of sp³-hybridized carbons (Fsp3) is 0.174. The van der Waals surface area contributed by atoms with E-state index in [1.54, 1.807) is 32.0 Å². The fourth-order valence-electron chi connectivity index (χ4n) is 3.03. The Morgan fingerprint density at radius 1 is 0.939 bits per heavy atom. The molecule has 0 radical (unpaired) electrons. The van der Waals surface area contributed by atoms with Crippen LogP contribution in [0.5, 0.6) is 0 Å². The van der Waals surface area contributed by atoms with Crippen LogP contribution in [0.2, 0.25) is 0 Å². The summed E-state index contributed by atoms with van der Waals surface area (Å²) in [7, 11) is -0.985. The summed E-state index contributed by atoms with van der Waals surface area (Å²) in [6.07, 6.45) is 1.46. The van der Waals surface area contributed by atoms with Crippen LogP contribution in [-0.4, -0.2) is 43.6 Å². The molecule has 33 heavy (non-hydrogen) atoms. The molecule has 0 saturated heterocycles. The molecule has 3 rings (SSSR count). The van der Waals surface area contributed by atoms with E-state index in [4.69, 9.17) is 0 Å². The number of carbonyl (C=O) groups excluding carboxylic acids is 2. The van der Waals surface area contributed by atoms with Gasteiger partial charge in [0.1, 0.15) is 11.5 Å². The van der Waals surface area contributed by atoms with Gasteiger partial charge in [-0.1, -0.05) is 6.07 Å². The number of nitrogens with zero attached hydrogens (tertiary/aromatic N) is 2. The van der Waals surface area contributed by atoms with Gasteiger partial charge in [0, 0.05) is 25.9 Å². The Balaban J connectivity index is 1.95. The Morgan fingerprint density at radius 3 is 2.27 bits per heavy atom. The molecule has 0 bridgehead atoms. The molecule has 0 fully saturated rings. The van der Waals surface area contributed by atoms with Crippen molar-refractivity contribution >= 4 is 33.2 Å². The first-order chi connectivity index (χ1) is 15.5. The summed E-state index contributed by atoms with van der Waals surface area (Å²) in [5.74, 6) is -1.83. The first-order valence-electron chi connectivity index (χ1n) is 9.87. The number of aromatic nitrogens is 1. The van der Waals surface area contributed by atoms with Crippen LogP contribution in [0.3, 0.4) is 0 Å². The van der Waals surface area contributed by atoms with Gasteiger partial charge in [-0.05, 0) is 67.4 Å². The van der Waals surface area contributed by atoms with Gasteiger partial charge in [0.05, 0.1) is 16.3 Å². The molecule has 172 valence electrons. The van der Waals surface area contributed by atoms with Gasteiger partial charge in [-0.2, -0.15) is 0 Å². The van der Waals surface area contributed by atoms with E-state index in [0.717, 1.165) is 16.4 Å². The number of sulfonamides is 1. The number of halogens is 1. The topological polar surface area (TPSA) is 108 Å². The van der Waals surface area contributed by atoms with Crippen LogP contribution in [0.1, 0.15) is 32.0 Å². The van der Waals surface area contributed by atoms with Crippen molar-refractivity contribution in [3.63, 3.8) is 0 Å². The number of aryl methyl sites for hydroxylation is 1. The number of carbonyl (C=O) groups is 2. The van der Waals surface area contributed by atoms with Gasteiger partial charge in [-0.25, -0.2) is 17.1 Å². The summed E-state index contributed by atoms with van der Waals surface area (Å²) in [6.45, 7) is 3.35. The van der Waals surface area contributed by atoms with Gasteiger partial charge in [0.25, 0.3) is 11.8 Å². The predicted molar refractivity (Wildman–Crippen MR) is 123 cm³/mol. The van der Waals surface area contributed by atoms with E-state index in [2.05, 4.69) is 15.6 Å². The minimum atomic E-state index is -3.79. The molecule has 0 spiro atoms. The van der Waals surface area contributed by atoms with E-state index in [1.807, 2.05) is 0 Å². The van der Waals surface area contributed by atoms with Crippen molar-refractivity contribution in [3.05, 3.63) is 82.9 Å². The van der Waals surface area contributed by atoms with Gasteiger partial charge >= 0.3 is 0 Å². The van der Waals surface area contributed by atoms with Crippen LogP contribution in [0, 0.1) is 19.7 Å². The van der Waals surface area contributed by atoms with E-state index in [1.165, 1.54) is 38.5 Å². The fourth-order valence-corrected chi connectivity index (χ4v) is 4.25. The van der Waals surface area contributed by atoms with Crippen molar-refractivity contribution in [3.8, 4) is 0 Å². The summed E-state index contributed by atoms with van der Waals surface area (Å²) < 4.78 is 40.4. The zero-order valence-corrected chi connectivity index (χ0v) is 19.3. The molecule has 2 amide bonds. The largest absolute Gasteiger partial charge is 0.320 e. The van der Waals surface area contributed by atoms with Crippen molar-refractivity contribution in [2.45, 2.75) is 18.7 Å². The Morgan fingerprint density at radius 2 is 1.64 bits per heavy atom. The molecule has 3 aromatic rings. The smallest absolute Gasteiger partial charge is 0.274 e. The van der Waals surface area contributed by atoms with E-state index in [0.29, 0.717) is 11.1 Å². The second kappa shape index (κ2) is 9.47. The zero-order chi connectivity index (χ0) is 24.3. The van der Waals surface area contributed by atoms with Crippen LogP contribution >= 0.6 is 0 Å². The lowest BCUT2D eigenvalue weighted by Crippen LogP contribution is -2.24. The molecule has 1 aromatic heterocycles. The first kappa shape index (κ1) is 24.0. The molecule has 2 aromatic carbocycles. The Hall–Kier alpha value is -3.63. The van der Waals surface area contributed by atoms with E-state index in [-0.39, 0.29) is 27.5 Å². The third kappa shape index (κ3) is 5.24. The molecule has 2 N–H and O–H groups in total. The number of anilines is 2. The Labute approximate surface area is 191 Å². The van der Waals surface area contributed by atoms with Crippen LogP contribution in [0.25, 0.3) is 0 Å². The van der Waals surface area contributed by atoms with Crippen molar-refractivity contribution in [1.82, 2.24) is 9.29 Å². The minimum absolute atomic E-state index is 0.000528. The summed E-state index contributed by atoms with van der Waals surface area (Å²) in [4.78, 5) is 29.4. The maximum absolute atomic E-state index is 13.9. The first-order valence-corrected chi connectivity index (χ1v) is 11.3. The van der Waals surface area contributed by atoms with E-state index >= 15 is 0 Å². The average molecular weight is 471 g/mol. The number of rotatable bonds is 6. The van der Waals surface area contributed by atoms with Crippen LogP contribution in [0.15, 0.2) is 59.6 Å². The third-order valence-electron chi connectivity index (χ3n) is 5.02. The van der Waals surface area contributed by atoms with Gasteiger partial charge in [-0.15, -0.1) is 0 Å². The number of nitrogens with one attached hydrogen (secondary N) is 2. The Bertz CT molecular complexity index is 1330. The average Bonchev–Trinajstić information content (AvgIpc) is 2.77. The molecule has 1 heterocycles. The quantitative estimate of drug-likeness (QED) is 0.572. The van der Waals surface area contributed by atoms with Gasteiger partial charge in [-0.3, -0.25) is 14.6 Å².